The van der Waals surface area contributed by atoms with Crippen molar-refractivity contribution in [3.05, 3.63) is 52.8 Å². The Morgan fingerprint density at radius 3 is 2.93 bits per heavy atom. The molecule has 2 aliphatic rings. The van der Waals surface area contributed by atoms with Gasteiger partial charge < -0.3 is 19.7 Å². The number of nitrogens with one attached hydrogen (secondary N) is 1. The molecule has 4 nitrogen and oxygen atoms in total. The second-order valence-corrected chi connectivity index (χ2v) is 7.64. The molecule has 5 heteroatoms. The van der Waals surface area contributed by atoms with E-state index < -0.39 is 0 Å². The first kappa shape index (κ1) is 19.1. The average Bonchev–Trinajstić information content (AvgIpc) is 2.93. The predicted octanol–water partition coefficient (Wildman–Crippen LogP) is 3.88. The van der Waals surface area contributed by atoms with Crippen molar-refractivity contribution in [2.75, 3.05) is 37.7 Å². The maximum atomic E-state index is 13.5. The van der Waals surface area contributed by atoms with E-state index in [1.165, 1.54) is 34.5 Å². The van der Waals surface area contributed by atoms with Crippen molar-refractivity contribution in [3.63, 3.8) is 0 Å². The summed E-state index contributed by atoms with van der Waals surface area (Å²) in [4.78, 5) is 2.39. The van der Waals surface area contributed by atoms with Crippen LogP contribution in [0.3, 0.4) is 0 Å². The highest BCUT2D eigenvalue weighted by atomic mass is 19.1. The van der Waals surface area contributed by atoms with E-state index in [2.05, 4.69) is 30.1 Å². The second-order valence-electron chi connectivity index (χ2n) is 7.64. The molecule has 0 fully saturated rings. The van der Waals surface area contributed by atoms with Gasteiger partial charge in [-0.3, -0.25) is 0 Å². The molecule has 1 N–H and O–H groups in total. The molecule has 2 aliphatic heterocycles. The van der Waals surface area contributed by atoms with Gasteiger partial charge in [0.1, 0.15) is 30.0 Å². The Morgan fingerprint density at radius 1 is 1.25 bits per heavy atom. The average molecular weight is 384 g/mol. The first-order chi connectivity index (χ1) is 13.7. The summed E-state index contributed by atoms with van der Waals surface area (Å²) in [7, 11) is 0. The summed E-state index contributed by atoms with van der Waals surface area (Å²) < 4.78 is 25.7. The number of halogens is 1. The van der Waals surface area contributed by atoms with Crippen LogP contribution in [0.15, 0.2) is 30.3 Å². The molecular weight excluding hydrogens is 355 g/mol. The molecular formula is C23H29FN2O2. The minimum atomic E-state index is -0.267. The van der Waals surface area contributed by atoms with Crippen molar-refractivity contribution < 1.29 is 13.9 Å². The minimum Gasteiger partial charge on any atom is -0.490 e. The molecule has 0 aliphatic carbocycles. The first-order valence-electron chi connectivity index (χ1n) is 10.3. The number of fused-ring (bicyclic) bond motifs is 2. The van der Waals surface area contributed by atoms with Gasteiger partial charge in [0.05, 0.1) is 18.8 Å². The van der Waals surface area contributed by atoms with Crippen LogP contribution in [0.1, 0.15) is 30.0 Å². The molecule has 150 valence electrons. The highest BCUT2D eigenvalue weighted by molar-refractivity contribution is 5.69. The molecule has 2 aromatic carbocycles. The summed E-state index contributed by atoms with van der Waals surface area (Å²) in [6.45, 7) is 8.66. The fraction of sp³-hybridized carbons (Fsp3) is 0.478. The van der Waals surface area contributed by atoms with E-state index in [9.17, 15) is 4.39 Å². The highest BCUT2D eigenvalue weighted by Gasteiger charge is 2.27. The van der Waals surface area contributed by atoms with Crippen molar-refractivity contribution >= 4 is 5.69 Å². The van der Waals surface area contributed by atoms with Gasteiger partial charge in [0, 0.05) is 6.07 Å². The number of nitrogens with zero attached hydrogens (tertiary/aromatic N) is 1. The Labute approximate surface area is 166 Å². The summed E-state index contributed by atoms with van der Waals surface area (Å²) in [5.41, 5.74) is 5.40. The second kappa shape index (κ2) is 8.39. The van der Waals surface area contributed by atoms with E-state index in [0.29, 0.717) is 12.4 Å². The Kier molecular flexibility index (Phi) is 5.72. The molecule has 0 amide bonds. The lowest BCUT2D eigenvalue weighted by Gasteiger charge is -2.36. The van der Waals surface area contributed by atoms with E-state index in [1.807, 2.05) is 6.07 Å². The molecule has 2 aromatic rings. The summed E-state index contributed by atoms with van der Waals surface area (Å²) >= 11 is 0. The van der Waals surface area contributed by atoms with Crippen molar-refractivity contribution in [2.24, 2.45) is 0 Å². The quantitative estimate of drug-likeness (QED) is 0.848. The molecule has 0 saturated heterocycles. The number of ether oxygens (including phenoxy) is 2. The van der Waals surface area contributed by atoms with Crippen LogP contribution in [0, 0.1) is 12.7 Å². The Morgan fingerprint density at radius 2 is 2.11 bits per heavy atom. The summed E-state index contributed by atoms with van der Waals surface area (Å²) in [6.07, 6.45) is 2.95. The van der Waals surface area contributed by atoms with Crippen LogP contribution in [0.5, 0.6) is 11.5 Å². The van der Waals surface area contributed by atoms with Crippen LogP contribution >= 0.6 is 0 Å². The zero-order chi connectivity index (χ0) is 19.5. The molecule has 1 atom stereocenters. The van der Waals surface area contributed by atoms with E-state index in [1.54, 1.807) is 6.07 Å². The normalized spacial score (nSPS) is 17.2. The van der Waals surface area contributed by atoms with E-state index in [-0.39, 0.29) is 11.9 Å². The lowest BCUT2D eigenvalue weighted by Crippen LogP contribution is -2.41. The van der Waals surface area contributed by atoms with Gasteiger partial charge in [-0.25, -0.2) is 4.39 Å². The van der Waals surface area contributed by atoms with Gasteiger partial charge in [-0.1, -0.05) is 13.0 Å². The smallest absolute Gasteiger partial charge is 0.143 e. The van der Waals surface area contributed by atoms with Crippen molar-refractivity contribution in [3.8, 4) is 11.5 Å². The summed E-state index contributed by atoms with van der Waals surface area (Å²) in [5.74, 6) is 1.31. The van der Waals surface area contributed by atoms with E-state index >= 15 is 0 Å². The van der Waals surface area contributed by atoms with Gasteiger partial charge in [-0.2, -0.15) is 0 Å². The number of anilines is 1. The predicted molar refractivity (Wildman–Crippen MR) is 110 cm³/mol. The summed E-state index contributed by atoms with van der Waals surface area (Å²) in [6, 6.07) is 8.64. The van der Waals surface area contributed by atoms with Gasteiger partial charge >= 0.3 is 0 Å². The van der Waals surface area contributed by atoms with Crippen molar-refractivity contribution in [1.82, 2.24) is 5.32 Å². The lowest BCUT2D eigenvalue weighted by atomic mass is 9.94. The maximum Gasteiger partial charge on any atom is 0.143 e. The Hall–Kier alpha value is -2.27. The number of hydrogen-bond donors (Lipinski definition) is 1. The fourth-order valence-corrected chi connectivity index (χ4v) is 4.31. The molecule has 0 radical (unpaired) electrons. The van der Waals surface area contributed by atoms with Crippen LogP contribution in [-0.4, -0.2) is 38.9 Å². The standard InChI is InChI=1S/C23H29FN2O2/c1-3-19(28-20-6-4-5-18(24)14-20)15-26-11-12-27-22-13-17-7-9-25-10-8-21(17)16(2)23(22)26/h4-6,13-14,19,25H,3,7-12,15H2,1-2H3. The minimum absolute atomic E-state index is 0.00683. The third-order valence-electron chi connectivity index (χ3n) is 5.77. The Balaban J connectivity index is 1.59. The fourth-order valence-electron chi connectivity index (χ4n) is 4.31. The topological polar surface area (TPSA) is 33.7 Å². The van der Waals surface area contributed by atoms with Crippen LogP contribution in [-0.2, 0) is 12.8 Å². The van der Waals surface area contributed by atoms with Gasteiger partial charge in [-0.05, 0) is 74.2 Å². The maximum absolute atomic E-state index is 13.5. The monoisotopic (exact) mass is 384 g/mol. The van der Waals surface area contributed by atoms with Crippen LogP contribution in [0.2, 0.25) is 0 Å². The Bertz CT molecular complexity index is 840. The van der Waals surface area contributed by atoms with Gasteiger partial charge in [-0.15, -0.1) is 0 Å². The molecule has 1 unspecified atom stereocenters. The zero-order valence-corrected chi connectivity index (χ0v) is 16.8. The molecule has 0 spiro atoms. The number of rotatable bonds is 5. The van der Waals surface area contributed by atoms with E-state index in [4.69, 9.17) is 9.47 Å². The third kappa shape index (κ3) is 3.95. The molecule has 4 rings (SSSR count). The molecule has 28 heavy (non-hydrogen) atoms. The van der Waals surface area contributed by atoms with Crippen molar-refractivity contribution in [2.45, 2.75) is 39.2 Å². The van der Waals surface area contributed by atoms with Crippen LogP contribution in [0.25, 0.3) is 0 Å². The largest absolute Gasteiger partial charge is 0.490 e. The molecule has 0 bridgehead atoms. The molecule has 0 saturated carbocycles. The molecule has 0 aromatic heterocycles. The van der Waals surface area contributed by atoms with Crippen LogP contribution in [0.4, 0.5) is 10.1 Å². The van der Waals surface area contributed by atoms with Gasteiger partial charge in [0.15, 0.2) is 0 Å². The van der Waals surface area contributed by atoms with Gasteiger partial charge in [0.2, 0.25) is 0 Å². The zero-order valence-electron chi connectivity index (χ0n) is 16.8. The highest BCUT2D eigenvalue weighted by Crippen LogP contribution is 2.39. The summed E-state index contributed by atoms with van der Waals surface area (Å²) in [5, 5.41) is 3.49. The van der Waals surface area contributed by atoms with Gasteiger partial charge in [0.25, 0.3) is 0 Å². The SMILES string of the molecule is CCC(CN1CCOc2cc3c(c(C)c21)CCNCC3)Oc1cccc(F)c1. The third-order valence-corrected chi connectivity index (χ3v) is 5.77. The molecule has 2 heterocycles. The lowest BCUT2D eigenvalue weighted by molar-refractivity contribution is 0.195. The van der Waals surface area contributed by atoms with Crippen LogP contribution < -0.4 is 19.7 Å². The van der Waals surface area contributed by atoms with E-state index in [0.717, 1.165) is 51.2 Å². The number of benzene rings is 2. The number of hydrogen-bond acceptors (Lipinski definition) is 4. The van der Waals surface area contributed by atoms with Crippen molar-refractivity contribution in [1.29, 1.82) is 0 Å². The first-order valence-corrected chi connectivity index (χ1v) is 10.3.